The van der Waals surface area contributed by atoms with Gasteiger partial charge in [0.25, 0.3) is 5.91 Å². The van der Waals surface area contributed by atoms with E-state index in [9.17, 15) is 9.59 Å². The van der Waals surface area contributed by atoms with Crippen molar-refractivity contribution in [1.82, 2.24) is 15.1 Å². The van der Waals surface area contributed by atoms with E-state index in [0.717, 1.165) is 38.8 Å². The van der Waals surface area contributed by atoms with Gasteiger partial charge in [-0.25, -0.2) is 4.79 Å². The number of hydrogen-bond donors (Lipinski definition) is 2. The molecule has 0 aromatic heterocycles. The van der Waals surface area contributed by atoms with Crippen LogP contribution in [0.25, 0.3) is 0 Å². The Bertz CT molecular complexity index is 827. The van der Waals surface area contributed by atoms with Crippen LogP contribution in [0, 0.1) is 5.92 Å². The monoisotopic (exact) mass is 474 g/mol. The molecule has 2 aliphatic rings. The molecular formula is C26H42N4O4. The minimum absolute atomic E-state index is 0.0663. The van der Waals surface area contributed by atoms with Crippen LogP contribution in [0.15, 0.2) is 18.2 Å². The molecule has 1 fully saturated rings. The molecule has 0 saturated heterocycles. The third-order valence-corrected chi connectivity index (χ3v) is 7.18. The van der Waals surface area contributed by atoms with Crippen LogP contribution in [-0.2, 0) is 4.74 Å². The van der Waals surface area contributed by atoms with Crippen LogP contribution in [0.4, 0.5) is 10.5 Å². The number of nitrogens with one attached hydrogen (secondary N) is 2. The van der Waals surface area contributed by atoms with Gasteiger partial charge >= 0.3 is 6.03 Å². The molecule has 0 unspecified atom stereocenters. The Morgan fingerprint density at radius 3 is 2.59 bits per heavy atom. The Morgan fingerprint density at radius 2 is 1.91 bits per heavy atom. The molecule has 1 aliphatic heterocycles. The van der Waals surface area contributed by atoms with Gasteiger partial charge in [-0.3, -0.25) is 9.69 Å². The topological polar surface area (TPSA) is 83.1 Å². The van der Waals surface area contributed by atoms with Gasteiger partial charge in [-0.15, -0.1) is 0 Å². The van der Waals surface area contributed by atoms with Crippen LogP contribution < -0.4 is 15.4 Å². The molecule has 1 aromatic carbocycles. The highest BCUT2D eigenvalue weighted by Gasteiger charge is 2.28. The van der Waals surface area contributed by atoms with E-state index >= 15 is 0 Å². The molecule has 1 aromatic rings. The van der Waals surface area contributed by atoms with Crippen molar-refractivity contribution in [1.29, 1.82) is 0 Å². The molecule has 8 heteroatoms. The van der Waals surface area contributed by atoms with E-state index in [1.54, 1.807) is 37.3 Å². The second kappa shape index (κ2) is 12.4. The van der Waals surface area contributed by atoms with Crippen LogP contribution in [-0.4, -0.2) is 80.3 Å². The summed E-state index contributed by atoms with van der Waals surface area (Å²) in [6, 6.07) is 5.43. The summed E-state index contributed by atoms with van der Waals surface area (Å²) in [7, 11) is 3.50. The maximum Gasteiger partial charge on any atom is 0.319 e. The highest BCUT2D eigenvalue weighted by atomic mass is 16.5. The maximum atomic E-state index is 13.3. The fraction of sp³-hybridized carbons (Fsp3) is 0.692. The van der Waals surface area contributed by atoms with Crippen LogP contribution in [0.2, 0.25) is 0 Å². The van der Waals surface area contributed by atoms with E-state index in [4.69, 9.17) is 9.47 Å². The molecule has 190 valence electrons. The van der Waals surface area contributed by atoms with E-state index in [1.807, 2.05) is 0 Å². The zero-order valence-corrected chi connectivity index (χ0v) is 21.4. The SMILES string of the molecule is CCN1C[C@@H](C)[C@H](OC)CN(C)C(=O)c2ccc(NC(=O)NC3CCCCC3)cc2OC[C@H]1C. The largest absolute Gasteiger partial charge is 0.491 e. The van der Waals surface area contributed by atoms with E-state index in [2.05, 4.69) is 36.3 Å². The average molecular weight is 475 g/mol. The molecule has 1 saturated carbocycles. The predicted octanol–water partition coefficient (Wildman–Crippen LogP) is 3.97. The second-order valence-corrected chi connectivity index (χ2v) is 9.83. The Hall–Kier alpha value is -2.32. The van der Waals surface area contributed by atoms with E-state index in [1.165, 1.54) is 6.42 Å². The van der Waals surface area contributed by atoms with Crippen molar-refractivity contribution in [3.63, 3.8) is 0 Å². The summed E-state index contributed by atoms with van der Waals surface area (Å²) in [6.45, 7) is 9.14. The number of likely N-dealkylation sites (N-methyl/N-ethyl adjacent to an activating group) is 2. The third-order valence-electron chi connectivity index (χ3n) is 7.18. The van der Waals surface area contributed by atoms with Crippen molar-refractivity contribution < 1.29 is 19.1 Å². The molecule has 3 atom stereocenters. The molecule has 34 heavy (non-hydrogen) atoms. The average Bonchev–Trinajstić information content (AvgIpc) is 2.83. The number of fused-ring (bicyclic) bond motifs is 1. The molecule has 0 radical (unpaired) electrons. The van der Waals surface area contributed by atoms with Crippen LogP contribution in [0.5, 0.6) is 5.75 Å². The number of amides is 3. The summed E-state index contributed by atoms with van der Waals surface area (Å²) in [4.78, 5) is 29.9. The molecule has 3 amide bonds. The number of urea groups is 1. The van der Waals surface area contributed by atoms with Gasteiger partial charge in [0, 0.05) is 51.1 Å². The number of ether oxygens (including phenoxy) is 2. The van der Waals surface area contributed by atoms with E-state index < -0.39 is 0 Å². The molecule has 3 rings (SSSR count). The Labute approximate surface area is 204 Å². The summed E-state index contributed by atoms with van der Waals surface area (Å²) in [5.74, 6) is 0.622. The number of anilines is 1. The highest BCUT2D eigenvalue weighted by Crippen LogP contribution is 2.27. The summed E-state index contributed by atoms with van der Waals surface area (Å²) >= 11 is 0. The first-order valence-electron chi connectivity index (χ1n) is 12.7. The molecule has 1 aliphatic carbocycles. The number of benzene rings is 1. The summed E-state index contributed by atoms with van der Waals surface area (Å²) < 4.78 is 12.0. The van der Waals surface area contributed by atoms with Crippen LogP contribution in [0.3, 0.4) is 0 Å². The molecule has 0 spiro atoms. The van der Waals surface area contributed by atoms with Crippen LogP contribution >= 0.6 is 0 Å². The van der Waals surface area contributed by atoms with Crippen molar-refractivity contribution in [2.45, 2.75) is 71.1 Å². The second-order valence-electron chi connectivity index (χ2n) is 9.83. The van der Waals surface area contributed by atoms with Gasteiger partial charge in [0.15, 0.2) is 0 Å². The van der Waals surface area contributed by atoms with Crippen molar-refractivity contribution in [2.75, 3.05) is 45.7 Å². The van der Waals surface area contributed by atoms with E-state index in [-0.39, 0.29) is 36.0 Å². The number of nitrogens with zero attached hydrogens (tertiary/aromatic N) is 2. The maximum absolute atomic E-state index is 13.3. The molecule has 0 bridgehead atoms. The minimum atomic E-state index is -0.217. The lowest BCUT2D eigenvalue weighted by Crippen LogP contribution is -2.46. The first-order valence-corrected chi connectivity index (χ1v) is 12.7. The zero-order valence-electron chi connectivity index (χ0n) is 21.4. The summed E-state index contributed by atoms with van der Waals surface area (Å²) in [6.07, 6.45) is 5.53. The van der Waals surface area contributed by atoms with Crippen molar-refractivity contribution in [2.24, 2.45) is 5.92 Å². The van der Waals surface area contributed by atoms with E-state index in [0.29, 0.717) is 30.2 Å². The van der Waals surface area contributed by atoms with Gasteiger partial charge in [-0.1, -0.05) is 33.1 Å². The standard InChI is InChI=1S/C26H42N4O4/c1-6-30-15-18(2)24(33-5)16-29(4)25(31)22-13-12-21(14-23(22)34-17-19(30)3)28-26(32)27-20-10-8-7-9-11-20/h12-14,18-20,24H,6-11,15-17H2,1-5H3,(H2,27,28,32)/t18-,19-,24-/m1/s1. The summed E-state index contributed by atoms with van der Waals surface area (Å²) in [5.41, 5.74) is 1.09. The minimum Gasteiger partial charge on any atom is -0.491 e. The van der Waals surface area contributed by atoms with Gasteiger partial charge in [-0.05, 0) is 44.4 Å². The predicted molar refractivity (Wildman–Crippen MR) is 135 cm³/mol. The lowest BCUT2D eigenvalue weighted by atomic mass is 9.96. The van der Waals surface area contributed by atoms with Gasteiger partial charge in [0.05, 0.1) is 11.7 Å². The number of carbonyl (C=O) groups excluding carboxylic acids is 2. The van der Waals surface area contributed by atoms with Gasteiger partial charge < -0.3 is 25.0 Å². The van der Waals surface area contributed by atoms with Gasteiger partial charge in [-0.2, -0.15) is 0 Å². The fourth-order valence-electron chi connectivity index (χ4n) is 4.96. The first-order chi connectivity index (χ1) is 16.3. The number of carbonyl (C=O) groups is 2. The Kier molecular flexibility index (Phi) is 9.59. The van der Waals surface area contributed by atoms with Gasteiger partial charge in [0.2, 0.25) is 0 Å². The number of rotatable bonds is 4. The smallest absolute Gasteiger partial charge is 0.319 e. The normalized spacial score (nSPS) is 25.5. The van der Waals surface area contributed by atoms with Crippen molar-refractivity contribution in [3.8, 4) is 5.75 Å². The fourth-order valence-corrected chi connectivity index (χ4v) is 4.96. The van der Waals surface area contributed by atoms with Crippen LogP contribution in [0.1, 0.15) is 63.2 Å². The van der Waals surface area contributed by atoms with Crippen molar-refractivity contribution in [3.05, 3.63) is 23.8 Å². The van der Waals surface area contributed by atoms with Crippen molar-refractivity contribution >= 4 is 17.6 Å². The molecule has 8 nitrogen and oxygen atoms in total. The first kappa shape index (κ1) is 26.3. The molecular weight excluding hydrogens is 432 g/mol. The summed E-state index contributed by atoms with van der Waals surface area (Å²) in [5, 5.41) is 5.99. The number of methoxy groups -OCH3 is 1. The Balaban J connectivity index is 1.81. The van der Waals surface area contributed by atoms with Gasteiger partial charge in [0.1, 0.15) is 12.4 Å². The lowest BCUT2D eigenvalue weighted by Gasteiger charge is -2.35. The molecule has 2 N–H and O–H groups in total. The molecule has 1 heterocycles. The Morgan fingerprint density at radius 1 is 1.18 bits per heavy atom. The quantitative estimate of drug-likeness (QED) is 0.690. The number of hydrogen-bond acceptors (Lipinski definition) is 5. The zero-order chi connectivity index (χ0) is 24.7. The lowest BCUT2D eigenvalue weighted by molar-refractivity contribution is 0.0116. The third kappa shape index (κ3) is 6.85. The highest BCUT2D eigenvalue weighted by molar-refractivity contribution is 5.98.